The molecule has 13 heteroatoms. The topological polar surface area (TPSA) is 170 Å². The molecule has 6 unspecified atom stereocenters. The molecule has 12 nitrogen and oxygen atoms in total. The Morgan fingerprint density at radius 2 is 1.80 bits per heavy atom. The van der Waals surface area contributed by atoms with E-state index in [-0.39, 0.29) is 13.0 Å². The number of carbonyl (C=O) groups is 2. The van der Waals surface area contributed by atoms with Gasteiger partial charge in [0, 0.05) is 6.61 Å². The minimum Gasteiger partial charge on any atom is -0.465 e. The number of nitrogens with one attached hydrogen (secondary N) is 2. The number of aliphatic hydroxyl groups excluding tert-OH is 1. The molecule has 2 amide bonds. The lowest BCUT2D eigenvalue weighted by Gasteiger charge is -2.24. The van der Waals surface area contributed by atoms with E-state index < -0.39 is 71.1 Å². The quantitative estimate of drug-likeness (QED) is 0.344. The Hall–Kier alpha value is -1.51. The number of amides is 2. The molecule has 6 atom stereocenters. The Labute approximate surface area is 175 Å². The SMILES string of the molecule is CCC(C)C(NC(=O)O)C(=O)NS(=O)(=O)OCC1OC(CCO)C2OC(C)(C)OC12. The van der Waals surface area contributed by atoms with Crippen LogP contribution in [0.4, 0.5) is 4.79 Å². The van der Waals surface area contributed by atoms with Gasteiger partial charge in [0.25, 0.3) is 5.91 Å². The molecule has 2 heterocycles. The van der Waals surface area contributed by atoms with Gasteiger partial charge in [-0.3, -0.25) is 8.98 Å². The molecule has 0 aliphatic carbocycles. The number of aliphatic hydroxyl groups is 1. The van der Waals surface area contributed by atoms with Gasteiger partial charge < -0.3 is 29.7 Å². The van der Waals surface area contributed by atoms with Crippen LogP contribution in [0.1, 0.15) is 40.5 Å². The molecule has 0 aromatic rings. The van der Waals surface area contributed by atoms with Gasteiger partial charge in [-0.05, 0) is 26.2 Å². The lowest BCUT2D eigenvalue weighted by Crippen LogP contribution is -2.51. The summed E-state index contributed by atoms with van der Waals surface area (Å²) in [6, 6.07) is -1.26. The van der Waals surface area contributed by atoms with Crippen molar-refractivity contribution in [2.75, 3.05) is 13.2 Å². The summed E-state index contributed by atoms with van der Waals surface area (Å²) >= 11 is 0. The second-order valence-electron chi connectivity index (χ2n) is 7.81. The second-order valence-corrected chi connectivity index (χ2v) is 9.16. The highest BCUT2D eigenvalue weighted by atomic mass is 32.2. The van der Waals surface area contributed by atoms with Crippen molar-refractivity contribution in [1.29, 1.82) is 0 Å². The number of hydrogen-bond donors (Lipinski definition) is 4. The van der Waals surface area contributed by atoms with Gasteiger partial charge in [-0.25, -0.2) is 9.52 Å². The maximum atomic E-state index is 12.3. The molecule has 174 valence electrons. The summed E-state index contributed by atoms with van der Waals surface area (Å²) in [4.78, 5) is 23.2. The number of ether oxygens (including phenoxy) is 3. The van der Waals surface area contributed by atoms with E-state index in [1.165, 1.54) is 0 Å². The molecule has 2 fully saturated rings. The third kappa shape index (κ3) is 6.25. The van der Waals surface area contributed by atoms with Crippen molar-refractivity contribution in [3.05, 3.63) is 0 Å². The third-order valence-electron chi connectivity index (χ3n) is 5.05. The van der Waals surface area contributed by atoms with Crippen LogP contribution in [0, 0.1) is 5.92 Å². The summed E-state index contributed by atoms with van der Waals surface area (Å²) < 4.78 is 48.3. The summed E-state index contributed by atoms with van der Waals surface area (Å²) in [6.07, 6.45) is -3.13. The Morgan fingerprint density at radius 3 is 2.33 bits per heavy atom. The second kappa shape index (κ2) is 9.75. The average molecular weight is 454 g/mol. The molecule has 2 saturated heterocycles. The molecular formula is C17H30N2O10S. The lowest BCUT2D eigenvalue weighted by atomic mass is 9.99. The van der Waals surface area contributed by atoms with Crippen LogP contribution >= 0.6 is 0 Å². The van der Waals surface area contributed by atoms with Crippen LogP contribution in [0.2, 0.25) is 0 Å². The molecular weight excluding hydrogens is 424 g/mol. The van der Waals surface area contributed by atoms with E-state index in [1.54, 1.807) is 32.4 Å². The van der Waals surface area contributed by atoms with Crippen molar-refractivity contribution < 1.29 is 46.6 Å². The molecule has 2 aliphatic heterocycles. The van der Waals surface area contributed by atoms with Crippen LogP contribution in [0.15, 0.2) is 0 Å². The lowest BCUT2D eigenvalue weighted by molar-refractivity contribution is -0.190. The predicted octanol–water partition coefficient (Wildman–Crippen LogP) is -0.284. The van der Waals surface area contributed by atoms with E-state index >= 15 is 0 Å². The van der Waals surface area contributed by atoms with Gasteiger partial charge in [-0.2, -0.15) is 8.42 Å². The van der Waals surface area contributed by atoms with Crippen LogP contribution in [-0.2, 0) is 33.5 Å². The average Bonchev–Trinajstić information content (AvgIpc) is 3.11. The molecule has 0 bridgehead atoms. The van der Waals surface area contributed by atoms with Crippen molar-refractivity contribution >= 4 is 22.3 Å². The monoisotopic (exact) mass is 454 g/mol. The first-order chi connectivity index (χ1) is 13.9. The maximum absolute atomic E-state index is 12.3. The largest absolute Gasteiger partial charge is 0.465 e. The molecule has 30 heavy (non-hydrogen) atoms. The van der Waals surface area contributed by atoms with Crippen LogP contribution in [0.25, 0.3) is 0 Å². The summed E-state index contributed by atoms with van der Waals surface area (Å²) in [6.45, 7) is 6.17. The zero-order valence-corrected chi connectivity index (χ0v) is 18.2. The number of rotatable bonds is 10. The fourth-order valence-electron chi connectivity index (χ4n) is 3.47. The Morgan fingerprint density at radius 1 is 1.20 bits per heavy atom. The van der Waals surface area contributed by atoms with E-state index in [4.69, 9.17) is 23.5 Å². The fraction of sp³-hybridized carbons (Fsp3) is 0.882. The van der Waals surface area contributed by atoms with E-state index in [2.05, 4.69) is 0 Å². The van der Waals surface area contributed by atoms with Crippen molar-refractivity contribution in [2.24, 2.45) is 5.92 Å². The summed E-state index contributed by atoms with van der Waals surface area (Å²) in [7, 11) is -4.54. The molecule has 2 aliphatic rings. The highest BCUT2D eigenvalue weighted by Gasteiger charge is 2.55. The van der Waals surface area contributed by atoms with Crippen LogP contribution < -0.4 is 10.0 Å². The highest BCUT2D eigenvalue weighted by Crippen LogP contribution is 2.39. The number of carbonyl (C=O) groups excluding carboxylic acids is 1. The number of carboxylic acid groups (broad SMARTS) is 1. The summed E-state index contributed by atoms with van der Waals surface area (Å²) in [5.74, 6) is -2.39. The molecule has 0 spiro atoms. The van der Waals surface area contributed by atoms with Crippen LogP contribution in [0.3, 0.4) is 0 Å². The zero-order valence-electron chi connectivity index (χ0n) is 17.4. The smallest absolute Gasteiger partial charge is 0.405 e. The molecule has 0 aromatic carbocycles. The standard InChI is InChI=1S/C17H30N2O10S/c1-5-9(2)12(18-16(22)23)15(21)19-30(24,25)26-8-11-14-13(10(27-11)6-7-20)28-17(3,4)29-14/h9-14,18,20H,5-8H2,1-4H3,(H,19,21)(H,22,23). The summed E-state index contributed by atoms with van der Waals surface area (Å²) in [5.41, 5.74) is 0. The number of fused-ring (bicyclic) bond motifs is 1. The van der Waals surface area contributed by atoms with Crippen molar-refractivity contribution in [2.45, 2.75) is 76.8 Å². The van der Waals surface area contributed by atoms with Gasteiger partial charge in [0.05, 0.1) is 12.7 Å². The summed E-state index contributed by atoms with van der Waals surface area (Å²) in [5, 5.41) is 20.1. The molecule has 0 aromatic heterocycles. The third-order valence-corrected chi connectivity index (χ3v) is 5.94. The molecule has 2 rings (SSSR count). The van der Waals surface area contributed by atoms with Crippen molar-refractivity contribution in [3.63, 3.8) is 0 Å². The Balaban J connectivity index is 2.00. The van der Waals surface area contributed by atoms with Crippen LogP contribution in [-0.4, -0.2) is 80.1 Å². The first-order valence-electron chi connectivity index (χ1n) is 9.71. The highest BCUT2D eigenvalue weighted by molar-refractivity contribution is 7.85. The molecule has 0 radical (unpaired) electrons. The van der Waals surface area contributed by atoms with Crippen molar-refractivity contribution in [3.8, 4) is 0 Å². The zero-order chi connectivity index (χ0) is 22.7. The van der Waals surface area contributed by atoms with Gasteiger partial charge in [0.1, 0.15) is 24.4 Å². The minimum atomic E-state index is -4.54. The first kappa shape index (κ1) is 24.8. The van der Waals surface area contributed by atoms with Gasteiger partial charge in [0.15, 0.2) is 5.79 Å². The molecule has 0 saturated carbocycles. The Bertz CT molecular complexity index is 728. The van der Waals surface area contributed by atoms with E-state index in [1.807, 2.05) is 5.32 Å². The van der Waals surface area contributed by atoms with Gasteiger partial charge in [-0.1, -0.05) is 20.3 Å². The maximum Gasteiger partial charge on any atom is 0.405 e. The number of hydrogen-bond acceptors (Lipinski definition) is 9. The van der Waals surface area contributed by atoms with Crippen molar-refractivity contribution in [1.82, 2.24) is 10.0 Å². The van der Waals surface area contributed by atoms with Gasteiger partial charge in [-0.15, -0.1) is 0 Å². The van der Waals surface area contributed by atoms with Gasteiger partial charge >= 0.3 is 16.4 Å². The first-order valence-corrected chi connectivity index (χ1v) is 11.1. The van der Waals surface area contributed by atoms with E-state index in [9.17, 15) is 23.1 Å². The normalized spacial score (nSPS) is 29.8. The molecule has 4 N–H and O–H groups in total. The van der Waals surface area contributed by atoms with Gasteiger partial charge in [0.2, 0.25) is 0 Å². The fourth-order valence-corrected chi connectivity index (χ4v) is 4.22. The predicted molar refractivity (Wildman–Crippen MR) is 102 cm³/mol. The van der Waals surface area contributed by atoms with E-state index in [0.29, 0.717) is 6.42 Å². The minimum absolute atomic E-state index is 0.146. The van der Waals surface area contributed by atoms with E-state index in [0.717, 1.165) is 0 Å². The Kier molecular flexibility index (Phi) is 8.04. The van der Waals surface area contributed by atoms with Crippen LogP contribution in [0.5, 0.6) is 0 Å².